The zero-order valence-corrected chi connectivity index (χ0v) is 12.4. The minimum absolute atomic E-state index is 0.325. The van der Waals surface area contributed by atoms with Crippen LogP contribution in [0.1, 0.15) is 63.1 Å². The van der Waals surface area contributed by atoms with Gasteiger partial charge in [-0.1, -0.05) is 57.4 Å². The highest BCUT2D eigenvalue weighted by molar-refractivity contribution is 5.30. The molecule has 0 amide bonds. The number of nitrogens with two attached hydrogens (primary N) is 1. The summed E-state index contributed by atoms with van der Waals surface area (Å²) < 4.78 is 0. The lowest BCUT2D eigenvalue weighted by Gasteiger charge is -2.35. The fourth-order valence-corrected chi connectivity index (χ4v) is 3.65. The molecule has 19 heavy (non-hydrogen) atoms. The first kappa shape index (κ1) is 14.5. The maximum atomic E-state index is 5.90. The maximum absolute atomic E-state index is 5.90. The zero-order chi connectivity index (χ0) is 13.7. The lowest BCUT2D eigenvalue weighted by molar-refractivity contribution is 0.209. The first-order chi connectivity index (χ1) is 9.30. The van der Waals surface area contributed by atoms with Crippen molar-refractivity contribution in [2.45, 2.75) is 58.4 Å². The second kappa shape index (κ2) is 7.06. The van der Waals surface area contributed by atoms with Crippen LogP contribution in [0.15, 0.2) is 24.3 Å². The summed E-state index contributed by atoms with van der Waals surface area (Å²) in [7, 11) is 0. The van der Waals surface area contributed by atoms with Gasteiger partial charge in [-0.3, -0.25) is 11.3 Å². The standard InChI is InChI=1S/C17H28N2/c1-3-13-8-7-10-15(12-13)17(19-18)16-11-6-5-9-14(16)4-2/h5-6,9,11,13,15,17,19H,3-4,7-8,10,12,18H2,1-2H3. The van der Waals surface area contributed by atoms with Crippen LogP contribution in [0.4, 0.5) is 0 Å². The molecular formula is C17H28N2. The van der Waals surface area contributed by atoms with E-state index in [0.717, 1.165) is 12.3 Å². The van der Waals surface area contributed by atoms with Crippen LogP contribution in [0.3, 0.4) is 0 Å². The van der Waals surface area contributed by atoms with Gasteiger partial charge in [0.2, 0.25) is 0 Å². The molecule has 3 unspecified atom stereocenters. The Bertz CT molecular complexity index is 389. The van der Waals surface area contributed by atoms with Crippen LogP contribution in [0, 0.1) is 11.8 Å². The molecule has 0 heterocycles. The second-order valence-electron chi connectivity index (χ2n) is 5.90. The van der Waals surface area contributed by atoms with E-state index in [0.29, 0.717) is 12.0 Å². The fourth-order valence-electron chi connectivity index (χ4n) is 3.65. The molecule has 3 atom stereocenters. The quantitative estimate of drug-likeness (QED) is 0.621. The molecular weight excluding hydrogens is 232 g/mol. The number of rotatable bonds is 5. The average Bonchev–Trinajstić information content (AvgIpc) is 2.49. The molecule has 1 aliphatic carbocycles. The molecule has 2 heteroatoms. The molecule has 1 aromatic carbocycles. The van der Waals surface area contributed by atoms with Crippen LogP contribution in [0.2, 0.25) is 0 Å². The number of hydrazine groups is 1. The van der Waals surface area contributed by atoms with Crippen molar-refractivity contribution < 1.29 is 0 Å². The number of aryl methyl sites for hydroxylation is 1. The zero-order valence-electron chi connectivity index (χ0n) is 12.4. The number of hydrogen-bond donors (Lipinski definition) is 2. The highest BCUT2D eigenvalue weighted by atomic mass is 15.2. The van der Waals surface area contributed by atoms with Gasteiger partial charge >= 0.3 is 0 Å². The predicted molar refractivity (Wildman–Crippen MR) is 81.6 cm³/mol. The van der Waals surface area contributed by atoms with Gasteiger partial charge in [0.15, 0.2) is 0 Å². The largest absolute Gasteiger partial charge is 0.271 e. The van der Waals surface area contributed by atoms with Crippen molar-refractivity contribution >= 4 is 0 Å². The topological polar surface area (TPSA) is 38.0 Å². The summed E-state index contributed by atoms with van der Waals surface area (Å²) >= 11 is 0. The molecule has 2 rings (SSSR count). The van der Waals surface area contributed by atoms with E-state index in [-0.39, 0.29) is 0 Å². The van der Waals surface area contributed by atoms with Crippen molar-refractivity contribution in [3.8, 4) is 0 Å². The summed E-state index contributed by atoms with van der Waals surface area (Å²) in [4.78, 5) is 0. The van der Waals surface area contributed by atoms with E-state index in [9.17, 15) is 0 Å². The van der Waals surface area contributed by atoms with Crippen molar-refractivity contribution in [1.29, 1.82) is 0 Å². The van der Waals surface area contributed by atoms with Gasteiger partial charge in [0.1, 0.15) is 0 Å². The normalized spacial score (nSPS) is 25.2. The number of benzene rings is 1. The van der Waals surface area contributed by atoms with Crippen molar-refractivity contribution in [3.05, 3.63) is 35.4 Å². The summed E-state index contributed by atoms with van der Waals surface area (Å²) in [6.07, 6.45) is 7.78. The molecule has 1 aromatic rings. The van der Waals surface area contributed by atoms with E-state index in [1.807, 2.05) is 0 Å². The summed E-state index contributed by atoms with van der Waals surface area (Å²) in [5.41, 5.74) is 5.95. The van der Waals surface area contributed by atoms with Crippen molar-refractivity contribution in [2.24, 2.45) is 17.7 Å². The molecule has 0 saturated heterocycles. The van der Waals surface area contributed by atoms with Gasteiger partial charge in [-0.15, -0.1) is 0 Å². The summed E-state index contributed by atoms with van der Waals surface area (Å²) in [6, 6.07) is 9.08. The van der Waals surface area contributed by atoms with Gasteiger partial charge in [-0.2, -0.15) is 0 Å². The summed E-state index contributed by atoms with van der Waals surface area (Å²) in [6.45, 7) is 4.54. The molecule has 106 valence electrons. The van der Waals surface area contributed by atoms with Crippen molar-refractivity contribution in [3.63, 3.8) is 0 Å². The maximum Gasteiger partial charge on any atom is 0.0490 e. The molecule has 1 aliphatic rings. The van der Waals surface area contributed by atoms with Gasteiger partial charge in [0, 0.05) is 6.04 Å². The minimum Gasteiger partial charge on any atom is -0.271 e. The molecule has 1 saturated carbocycles. The molecule has 0 radical (unpaired) electrons. The molecule has 1 fully saturated rings. The fraction of sp³-hybridized carbons (Fsp3) is 0.647. The van der Waals surface area contributed by atoms with Crippen LogP contribution in [0.5, 0.6) is 0 Å². The summed E-state index contributed by atoms with van der Waals surface area (Å²) in [5.74, 6) is 7.48. The molecule has 0 spiro atoms. The van der Waals surface area contributed by atoms with Gasteiger partial charge in [-0.05, 0) is 42.2 Å². The van der Waals surface area contributed by atoms with Gasteiger partial charge in [-0.25, -0.2) is 0 Å². The van der Waals surface area contributed by atoms with E-state index < -0.39 is 0 Å². The third-order valence-electron chi connectivity index (χ3n) is 4.82. The second-order valence-corrected chi connectivity index (χ2v) is 5.90. The SMILES string of the molecule is CCc1ccccc1C(NN)C1CCCC(CC)C1. The Morgan fingerprint density at radius 3 is 2.74 bits per heavy atom. The van der Waals surface area contributed by atoms with E-state index in [1.54, 1.807) is 0 Å². The van der Waals surface area contributed by atoms with Gasteiger partial charge in [0.05, 0.1) is 0 Å². The molecule has 2 nitrogen and oxygen atoms in total. The van der Waals surface area contributed by atoms with Crippen molar-refractivity contribution in [1.82, 2.24) is 5.43 Å². The third kappa shape index (κ3) is 3.37. The minimum atomic E-state index is 0.325. The summed E-state index contributed by atoms with van der Waals surface area (Å²) in [5, 5.41) is 0. The Kier molecular flexibility index (Phi) is 5.41. The number of hydrogen-bond acceptors (Lipinski definition) is 2. The van der Waals surface area contributed by atoms with Crippen LogP contribution >= 0.6 is 0 Å². The van der Waals surface area contributed by atoms with E-state index in [2.05, 4.69) is 43.5 Å². The van der Waals surface area contributed by atoms with E-state index in [4.69, 9.17) is 5.84 Å². The van der Waals surface area contributed by atoms with E-state index >= 15 is 0 Å². The molecule has 0 bridgehead atoms. The van der Waals surface area contributed by atoms with Crippen molar-refractivity contribution in [2.75, 3.05) is 0 Å². The number of nitrogens with one attached hydrogen (secondary N) is 1. The Morgan fingerprint density at radius 2 is 2.05 bits per heavy atom. The van der Waals surface area contributed by atoms with Gasteiger partial charge in [0.25, 0.3) is 0 Å². The first-order valence-corrected chi connectivity index (χ1v) is 7.84. The first-order valence-electron chi connectivity index (χ1n) is 7.84. The Balaban J connectivity index is 2.19. The van der Waals surface area contributed by atoms with Crippen LogP contribution in [-0.2, 0) is 6.42 Å². The highest BCUT2D eigenvalue weighted by Crippen LogP contribution is 2.38. The smallest absolute Gasteiger partial charge is 0.0490 e. The Morgan fingerprint density at radius 1 is 1.26 bits per heavy atom. The van der Waals surface area contributed by atoms with Crippen LogP contribution in [0.25, 0.3) is 0 Å². The monoisotopic (exact) mass is 260 g/mol. The Hall–Kier alpha value is -0.860. The lowest BCUT2D eigenvalue weighted by atomic mass is 9.74. The van der Waals surface area contributed by atoms with Crippen LogP contribution in [-0.4, -0.2) is 0 Å². The predicted octanol–water partition coefficient (Wildman–Crippen LogP) is 3.97. The van der Waals surface area contributed by atoms with Gasteiger partial charge < -0.3 is 0 Å². The molecule has 0 aromatic heterocycles. The molecule has 0 aliphatic heterocycles. The van der Waals surface area contributed by atoms with E-state index in [1.165, 1.54) is 43.2 Å². The highest BCUT2D eigenvalue weighted by Gasteiger charge is 2.29. The molecule has 3 N–H and O–H groups in total. The van der Waals surface area contributed by atoms with Crippen LogP contribution < -0.4 is 11.3 Å². The lowest BCUT2D eigenvalue weighted by Crippen LogP contribution is -2.36. The average molecular weight is 260 g/mol. The third-order valence-corrected chi connectivity index (χ3v) is 4.82. The Labute approximate surface area is 117 Å².